The number of carbonyl (C=O) groups excluding carboxylic acids is 2. The van der Waals surface area contributed by atoms with Crippen molar-refractivity contribution in [3.05, 3.63) is 29.8 Å². The molecule has 1 unspecified atom stereocenters. The fourth-order valence-electron chi connectivity index (χ4n) is 4.25. The molecule has 1 aromatic carbocycles. The summed E-state index contributed by atoms with van der Waals surface area (Å²) in [5, 5.41) is 6.41. The van der Waals surface area contributed by atoms with Gasteiger partial charge in [-0.15, -0.1) is 12.4 Å². The number of methoxy groups -OCH3 is 1. The summed E-state index contributed by atoms with van der Waals surface area (Å²) in [5.74, 6) is -0.386. The van der Waals surface area contributed by atoms with Gasteiger partial charge < -0.3 is 20.3 Å². The minimum atomic E-state index is -0.592. The van der Waals surface area contributed by atoms with Gasteiger partial charge in [0.15, 0.2) is 0 Å². The second-order valence-corrected chi connectivity index (χ2v) is 8.48. The van der Waals surface area contributed by atoms with Gasteiger partial charge in [-0.05, 0) is 56.0 Å². The predicted molar refractivity (Wildman–Crippen MR) is 118 cm³/mol. The van der Waals surface area contributed by atoms with Crippen molar-refractivity contribution in [2.45, 2.75) is 39.0 Å². The molecule has 29 heavy (non-hydrogen) atoms. The molecule has 0 spiro atoms. The molecular weight excluding hydrogens is 390 g/mol. The van der Waals surface area contributed by atoms with Crippen LogP contribution < -0.4 is 15.5 Å². The third-order valence-electron chi connectivity index (χ3n) is 6.15. The van der Waals surface area contributed by atoms with Crippen LogP contribution in [-0.4, -0.2) is 51.7 Å². The van der Waals surface area contributed by atoms with Crippen LogP contribution in [0.1, 0.15) is 44.6 Å². The summed E-state index contributed by atoms with van der Waals surface area (Å²) < 4.78 is 5.41. The van der Waals surface area contributed by atoms with Crippen molar-refractivity contribution in [1.82, 2.24) is 10.6 Å². The maximum atomic E-state index is 12.9. The maximum Gasteiger partial charge on any atom is 0.239 e. The molecule has 0 saturated carbocycles. The van der Waals surface area contributed by atoms with E-state index in [2.05, 4.69) is 36.6 Å². The number of nitrogens with zero attached hydrogens (tertiary/aromatic N) is 1. The van der Waals surface area contributed by atoms with Gasteiger partial charge in [-0.3, -0.25) is 9.59 Å². The summed E-state index contributed by atoms with van der Waals surface area (Å²) in [6.45, 7) is 7.94. The molecule has 2 fully saturated rings. The highest BCUT2D eigenvalue weighted by Crippen LogP contribution is 2.30. The molecule has 0 bridgehead atoms. The number of ether oxygens (including phenoxy) is 1. The van der Waals surface area contributed by atoms with Gasteiger partial charge in [0.2, 0.25) is 11.8 Å². The molecule has 3 rings (SSSR count). The van der Waals surface area contributed by atoms with Gasteiger partial charge >= 0.3 is 0 Å². The number of anilines is 1. The highest BCUT2D eigenvalue weighted by atomic mass is 35.5. The Morgan fingerprint density at radius 2 is 1.93 bits per heavy atom. The van der Waals surface area contributed by atoms with E-state index in [1.807, 2.05) is 12.1 Å². The first-order valence-corrected chi connectivity index (χ1v) is 10.3. The minimum Gasteiger partial charge on any atom is -0.384 e. The standard InChI is InChI=1S/C22H33N3O3.ClH/c1-16(2)17-4-6-18(7-5-17)25-13-8-19(21(25)27)20(26)24-14-22(15-28-3)9-11-23-12-10-22;/h4-7,16,19,23H,8-15H2,1-3H3,(H,24,26);1H. The van der Waals surface area contributed by atoms with Crippen molar-refractivity contribution in [2.24, 2.45) is 11.3 Å². The Bertz CT molecular complexity index is 682. The molecule has 0 aliphatic carbocycles. The lowest BCUT2D eigenvalue weighted by atomic mass is 9.79. The van der Waals surface area contributed by atoms with Crippen LogP contribution >= 0.6 is 12.4 Å². The van der Waals surface area contributed by atoms with E-state index < -0.39 is 5.92 Å². The molecule has 2 aliphatic heterocycles. The quantitative estimate of drug-likeness (QED) is 0.661. The summed E-state index contributed by atoms with van der Waals surface area (Å²) in [4.78, 5) is 27.3. The first kappa shape index (κ1) is 23.6. The number of nitrogens with one attached hydrogen (secondary N) is 2. The highest BCUT2D eigenvalue weighted by molar-refractivity contribution is 6.09. The number of amides is 2. The highest BCUT2D eigenvalue weighted by Gasteiger charge is 2.39. The molecule has 0 radical (unpaired) electrons. The Morgan fingerprint density at radius 3 is 2.52 bits per heavy atom. The average molecular weight is 424 g/mol. The number of carbonyl (C=O) groups is 2. The van der Waals surface area contributed by atoms with Gasteiger partial charge in [0, 0.05) is 31.3 Å². The van der Waals surface area contributed by atoms with E-state index in [1.165, 1.54) is 5.56 Å². The molecule has 162 valence electrons. The lowest BCUT2D eigenvalue weighted by molar-refractivity contribution is -0.132. The van der Waals surface area contributed by atoms with E-state index in [4.69, 9.17) is 4.74 Å². The van der Waals surface area contributed by atoms with E-state index in [0.717, 1.165) is 31.6 Å². The molecule has 2 N–H and O–H groups in total. The number of hydrogen-bond acceptors (Lipinski definition) is 4. The monoisotopic (exact) mass is 423 g/mol. The van der Waals surface area contributed by atoms with Crippen LogP contribution in [0.4, 0.5) is 5.69 Å². The Morgan fingerprint density at radius 1 is 1.28 bits per heavy atom. The van der Waals surface area contributed by atoms with Gasteiger partial charge in [-0.1, -0.05) is 26.0 Å². The van der Waals surface area contributed by atoms with Crippen LogP contribution in [0, 0.1) is 11.3 Å². The van der Waals surface area contributed by atoms with E-state index in [-0.39, 0.29) is 29.6 Å². The molecule has 7 heteroatoms. The van der Waals surface area contributed by atoms with Gasteiger partial charge in [-0.25, -0.2) is 0 Å². The maximum absolute atomic E-state index is 12.9. The van der Waals surface area contributed by atoms with Gasteiger partial charge in [0.25, 0.3) is 0 Å². The largest absolute Gasteiger partial charge is 0.384 e. The number of benzene rings is 1. The van der Waals surface area contributed by atoms with Crippen molar-refractivity contribution >= 4 is 29.9 Å². The molecule has 2 amide bonds. The van der Waals surface area contributed by atoms with E-state index in [1.54, 1.807) is 12.0 Å². The smallest absolute Gasteiger partial charge is 0.239 e. The normalized spacial score (nSPS) is 21.2. The first-order valence-electron chi connectivity index (χ1n) is 10.3. The number of piperidine rings is 1. The molecule has 2 saturated heterocycles. The van der Waals surface area contributed by atoms with Crippen LogP contribution in [-0.2, 0) is 14.3 Å². The van der Waals surface area contributed by atoms with Crippen LogP contribution in [0.15, 0.2) is 24.3 Å². The van der Waals surface area contributed by atoms with Crippen molar-refractivity contribution < 1.29 is 14.3 Å². The lowest BCUT2D eigenvalue weighted by Gasteiger charge is -2.37. The SMILES string of the molecule is COCC1(CNC(=O)C2CCN(c3ccc(C(C)C)cc3)C2=O)CCNCC1.Cl. The Balaban J connectivity index is 0.00000300. The first-order chi connectivity index (χ1) is 13.5. The van der Waals surface area contributed by atoms with Crippen molar-refractivity contribution in [2.75, 3.05) is 44.8 Å². The third-order valence-corrected chi connectivity index (χ3v) is 6.15. The fourth-order valence-corrected chi connectivity index (χ4v) is 4.25. The van der Waals surface area contributed by atoms with Crippen molar-refractivity contribution in [1.29, 1.82) is 0 Å². The third kappa shape index (κ3) is 5.50. The predicted octanol–water partition coefficient (Wildman–Crippen LogP) is 2.72. The molecule has 1 atom stereocenters. The van der Waals surface area contributed by atoms with E-state index >= 15 is 0 Å². The Hall–Kier alpha value is -1.63. The zero-order chi connectivity index (χ0) is 20.1. The second kappa shape index (κ2) is 10.4. The topological polar surface area (TPSA) is 70.7 Å². The summed E-state index contributed by atoms with van der Waals surface area (Å²) in [6.07, 6.45) is 2.50. The van der Waals surface area contributed by atoms with Crippen LogP contribution in [0.3, 0.4) is 0 Å². The van der Waals surface area contributed by atoms with Gasteiger partial charge in [-0.2, -0.15) is 0 Å². The Kier molecular flexibility index (Phi) is 8.49. The van der Waals surface area contributed by atoms with Crippen LogP contribution in [0.25, 0.3) is 0 Å². The summed E-state index contributed by atoms with van der Waals surface area (Å²) in [6, 6.07) is 8.09. The van der Waals surface area contributed by atoms with Crippen LogP contribution in [0.5, 0.6) is 0 Å². The zero-order valence-corrected chi connectivity index (χ0v) is 18.5. The number of halogens is 1. The molecule has 6 nitrogen and oxygen atoms in total. The fraction of sp³-hybridized carbons (Fsp3) is 0.636. The summed E-state index contributed by atoms with van der Waals surface area (Å²) in [5.41, 5.74) is 2.08. The van der Waals surface area contributed by atoms with Gasteiger partial charge in [0.1, 0.15) is 5.92 Å². The van der Waals surface area contributed by atoms with Crippen molar-refractivity contribution in [3.8, 4) is 0 Å². The number of hydrogen-bond donors (Lipinski definition) is 2. The molecule has 1 aromatic rings. The molecule has 2 heterocycles. The molecule has 2 aliphatic rings. The van der Waals surface area contributed by atoms with Crippen LogP contribution in [0.2, 0.25) is 0 Å². The van der Waals surface area contributed by atoms with E-state index in [9.17, 15) is 9.59 Å². The van der Waals surface area contributed by atoms with Gasteiger partial charge in [0.05, 0.1) is 6.61 Å². The molecule has 0 aromatic heterocycles. The Labute approximate surface area is 180 Å². The number of rotatable bonds is 7. The lowest BCUT2D eigenvalue weighted by Crippen LogP contribution is -2.48. The summed E-state index contributed by atoms with van der Waals surface area (Å²) >= 11 is 0. The van der Waals surface area contributed by atoms with Crippen molar-refractivity contribution in [3.63, 3.8) is 0 Å². The minimum absolute atomic E-state index is 0. The van der Waals surface area contributed by atoms with E-state index in [0.29, 0.717) is 32.0 Å². The average Bonchev–Trinajstić information content (AvgIpc) is 3.09. The zero-order valence-electron chi connectivity index (χ0n) is 17.7. The molecular formula is C22H34ClN3O3. The second-order valence-electron chi connectivity index (χ2n) is 8.48. The summed E-state index contributed by atoms with van der Waals surface area (Å²) in [7, 11) is 1.70.